The van der Waals surface area contributed by atoms with Crippen molar-refractivity contribution in [1.29, 1.82) is 0 Å². The predicted molar refractivity (Wildman–Crippen MR) is 70.7 cm³/mol. The van der Waals surface area contributed by atoms with Crippen molar-refractivity contribution in [3.8, 4) is 0 Å². The summed E-state index contributed by atoms with van der Waals surface area (Å²) in [6.07, 6.45) is 7.20. The minimum absolute atomic E-state index is 0.752. The van der Waals surface area contributed by atoms with Crippen LogP contribution in [0.25, 0.3) is 0 Å². The van der Waals surface area contributed by atoms with Crippen LogP contribution in [0.15, 0.2) is 24.4 Å². The third kappa shape index (κ3) is 4.10. The number of hydrogen-bond acceptors (Lipinski definition) is 3. The van der Waals surface area contributed by atoms with E-state index in [0.29, 0.717) is 0 Å². The van der Waals surface area contributed by atoms with Crippen LogP contribution in [0.4, 0.5) is 0 Å². The van der Waals surface area contributed by atoms with Gasteiger partial charge in [0.05, 0.1) is 5.69 Å². The van der Waals surface area contributed by atoms with Crippen molar-refractivity contribution in [3.63, 3.8) is 0 Å². The molecule has 0 saturated heterocycles. The molecule has 2 rings (SSSR count). The maximum absolute atomic E-state index is 4.31. The fourth-order valence-corrected chi connectivity index (χ4v) is 2.56. The van der Waals surface area contributed by atoms with Gasteiger partial charge in [0.2, 0.25) is 0 Å². The van der Waals surface area contributed by atoms with E-state index in [1.54, 1.807) is 0 Å². The van der Waals surface area contributed by atoms with Crippen LogP contribution in [-0.4, -0.2) is 24.6 Å². The van der Waals surface area contributed by atoms with E-state index >= 15 is 0 Å². The number of pyridine rings is 1. The minimum Gasteiger partial charge on any atom is -0.317 e. The predicted octanol–water partition coefficient (Wildman–Crippen LogP) is 1.95. The standard InChI is InChI=1S/C14H23N3/c1-15-13-7-5-12(6-8-13)10-16-11-14-4-2-3-9-17-14/h2-4,9,12-13,15-16H,5-8,10-11H2,1H3. The first-order valence-electron chi connectivity index (χ1n) is 6.66. The van der Waals surface area contributed by atoms with Crippen LogP contribution in [0.3, 0.4) is 0 Å². The van der Waals surface area contributed by atoms with Crippen molar-refractivity contribution in [2.24, 2.45) is 5.92 Å². The highest BCUT2D eigenvalue weighted by Gasteiger charge is 2.19. The van der Waals surface area contributed by atoms with E-state index in [1.807, 2.05) is 18.3 Å². The summed E-state index contributed by atoms with van der Waals surface area (Å²) in [4.78, 5) is 4.31. The maximum Gasteiger partial charge on any atom is 0.0541 e. The summed E-state index contributed by atoms with van der Waals surface area (Å²) in [5.41, 5.74) is 1.14. The lowest BCUT2D eigenvalue weighted by Gasteiger charge is -2.28. The van der Waals surface area contributed by atoms with Gasteiger partial charge in [-0.3, -0.25) is 4.98 Å². The lowest BCUT2D eigenvalue weighted by molar-refractivity contribution is 0.292. The molecule has 0 spiro atoms. The molecule has 2 N–H and O–H groups in total. The van der Waals surface area contributed by atoms with Gasteiger partial charge in [-0.2, -0.15) is 0 Å². The molecule has 1 aliphatic carbocycles. The quantitative estimate of drug-likeness (QED) is 0.816. The van der Waals surface area contributed by atoms with E-state index in [0.717, 1.165) is 30.7 Å². The lowest BCUT2D eigenvalue weighted by Crippen LogP contribution is -2.33. The number of nitrogens with one attached hydrogen (secondary N) is 2. The molecule has 0 amide bonds. The average Bonchev–Trinajstić information content (AvgIpc) is 2.41. The summed E-state index contributed by atoms with van der Waals surface area (Å²) in [5, 5.41) is 6.90. The SMILES string of the molecule is CNC1CCC(CNCc2ccccn2)CC1. The molecule has 1 fully saturated rings. The number of rotatable bonds is 5. The Kier molecular flexibility index (Phi) is 4.95. The fraction of sp³-hybridized carbons (Fsp3) is 0.643. The Hall–Kier alpha value is -0.930. The molecule has 0 atom stereocenters. The molecular formula is C14H23N3. The second-order valence-electron chi connectivity index (χ2n) is 4.96. The van der Waals surface area contributed by atoms with Crippen molar-refractivity contribution in [3.05, 3.63) is 30.1 Å². The highest BCUT2D eigenvalue weighted by atomic mass is 14.9. The molecule has 1 aliphatic rings. The summed E-state index contributed by atoms with van der Waals surface area (Å²) in [6.45, 7) is 2.03. The fourth-order valence-electron chi connectivity index (χ4n) is 2.56. The molecule has 3 nitrogen and oxygen atoms in total. The Morgan fingerprint density at radius 2 is 2.06 bits per heavy atom. The normalized spacial score (nSPS) is 24.8. The van der Waals surface area contributed by atoms with Crippen molar-refractivity contribution >= 4 is 0 Å². The third-order valence-corrected chi connectivity index (χ3v) is 3.72. The molecule has 17 heavy (non-hydrogen) atoms. The van der Waals surface area contributed by atoms with E-state index in [1.165, 1.54) is 25.7 Å². The lowest BCUT2D eigenvalue weighted by atomic mass is 9.86. The Bertz CT molecular complexity index is 305. The van der Waals surface area contributed by atoms with E-state index in [2.05, 4.69) is 28.7 Å². The first-order chi connectivity index (χ1) is 8.38. The Balaban J connectivity index is 1.63. The van der Waals surface area contributed by atoms with E-state index in [4.69, 9.17) is 0 Å². The Labute approximate surface area is 104 Å². The second kappa shape index (κ2) is 6.72. The molecule has 3 heteroatoms. The average molecular weight is 233 g/mol. The molecule has 0 aliphatic heterocycles. The van der Waals surface area contributed by atoms with Gasteiger partial charge in [0, 0.05) is 18.8 Å². The Morgan fingerprint density at radius 1 is 1.24 bits per heavy atom. The molecule has 0 aromatic carbocycles. The maximum atomic E-state index is 4.31. The third-order valence-electron chi connectivity index (χ3n) is 3.72. The monoisotopic (exact) mass is 233 g/mol. The van der Waals surface area contributed by atoms with Crippen LogP contribution in [0, 0.1) is 5.92 Å². The summed E-state index contributed by atoms with van der Waals surface area (Å²) in [5.74, 6) is 0.850. The minimum atomic E-state index is 0.752. The van der Waals surface area contributed by atoms with Crippen LogP contribution in [0.1, 0.15) is 31.4 Å². The number of nitrogens with zero attached hydrogens (tertiary/aromatic N) is 1. The van der Waals surface area contributed by atoms with Crippen molar-refractivity contribution in [2.75, 3.05) is 13.6 Å². The van der Waals surface area contributed by atoms with Gasteiger partial charge in [-0.05, 0) is 57.3 Å². The van der Waals surface area contributed by atoms with Gasteiger partial charge < -0.3 is 10.6 Å². The van der Waals surface area contributed by atoms with Crippen molar-refractivity contribution in [2.45, 2.75) is 38.3 Å². The zero-order valence-corrected chi connectivity index (χ0v) is 10.7. The van der Waals surface area contributed by atoms with Crippen molar-refractivity contribution in [1.82, 2.24) is 15.6 Å². The van der Waals surface area contributed by atoms with Crippen LogP contribution in [0.2, 0.25) is 0 Å². The van der Waals surface area contributed by atoms with Gasteiger partial charge in [0.25, 0.3) is 0 Å². The Morgan fingerprint density at radius 3 is 2.71 bits per heavy atom. The van der Waals surface area contributed by atoms with Crippen molar-refractivity contribution < 1.29 is 0 Å². The second-order valence-corrected chi connectivity index (χ2v) is 4.96. The van der Waals surface area contributed by atoms with Gasteiger partial charge in [0.15, 0.2) is 0 Å². The molecule has 1 aromatic rings. The molecule has 94 valence electrons. The summed E-state index contributed by atoms with van der Waals surface area (Å²) < 4.78 is 0. The molecular weight excluding hydrogens is 210 g/mol. The van der Waals surface area contributed by atoms with Gasteiger partial charge >= 0.3 is 0 Å². The number of aromatic nitrogens is 1. The van der Waals surface area contributed by atoms with Crippen LogP contribution in [-0.2, 0) is 6.54 Å². The smallest absolute Gasteiger partial charge is 0.0541 e. The topological polar surface area (TPSA) is 37.0 Å². The van der Waals surface area contributed by atoms with E-state index in [-0.39, 0.29) is 0 Å². The van der Waals surface area contributed by atoms with Crippen LogP contribution < -0.4 is 10.6 Å². The largest absolute Gasteiger partial charge is 0.317 e. The molecule has 1 heterocycles. The highest BCUT2D eigenvalue weighted by molar-refractivity contribution is 5.02. The zero-order chi connectivity index (χ0) is 11.9. The molecule has 0 bridgehead atoms. The van der Waals surface area contributed by atoms with Gasteiger partial charge in [-0.1, -0.05) is 6.07 Å². The highest BCUT2D eigenvalue weighted by Crippen LogP contribution is 2.23. The molecule has 1 aromatic heterocycles. The van der Waals surface area contributed by atoms with Crippen LogP contribution >= 0.6 is 0 Å². The summed E-state index contributed by atoms with van der Waals surface area (Å²) in [7, 11) is 2.07. The summed E-state index contributed by atoms with van der Waals surface area (Å²) in [6, 6.07) is 6.83. The summed E-state index contributed by atoms with van der Waals surface area (Å²) >= 11 is 0. The number of hydrogen-bond donors (Lipinski definition) is 2. The van der Waals surface area contributed by atoms with E-state index in [9.17, 15) is 0 Å². The van der Waals surface area contributed by atoms with Gasteiger partial charge in [-0.25, -0.2) is 0 Å². The van der Waals surface area contributed by atoms with E-state index < -0.39 is 0 Å². The molecule has 1 saturated carbocycles. The van der Waals surface area contributed by atoms with Gasteiger partial charge in [0.1, 0.15) is 0 Å². The first-order valence-corrected chi connectivity index (χ1v) is 6.66. The van der Waals surface area contributed by atoms with Gasteiger partial charge in [-0.15, -0.1) is 0 Å². The zero-order valence-electron chi connectivity index (χ0n) is 10.7. The van der Waals surface area contributed by atoms with Crippen LogP contribution in [0.5, 0.6) is 0 Å². The molecule has 0 unspecified atom stereocenters. The first kappa shape index (κ1) is 12.5. The molecule has 0 radical (unpaired) electrons.